The van der Waals surface area contributed by atoms with Gasteiger partial charge in [-0.15, -0.1) is 0 Å². The third kappa shape index (κ3) is 3.65. The maximum Gasteiger partial charge on any atom is 0.269 e. The fraction of sp³-hybridized carbons (Fsp3) is 0.286. The smallest absolute Gasteiger partial charge is 0.269 e. The second kappa shape index (κ2) is 7.19. The van der Waals surface area contributed by atoms with Gasteiger partial charge in [0.05, 0.1) is 23.9 Å². The van der Waals surface area contributed by atoms with Gasteiger partial charge in [0.25, 0.3) is 11.8 Å². The van der Waals surface area contributed by atoms with E-state index in [0.29, 0.717) is 6.61 Å². The topological polar surface area (TPSA) is 99.6 Å². The number of hydrogen-bond donors (Lipinski definition) is 2. The van der Waals surface area contributed by atoms with E-state index in [1.807, 2.05) is 0 Å². The Morgan fingerprint density at radius 1 is 1.39 bits per heavy atom. The number of rotatable bonds is 6. The van der Waals surface area contributed by atoms with Gasteiger partial charge in [-0.1, -0.05) is 11.6 Å². The molecular weight excluding hydrogens is 329 g/mol. The lowest BCUT2D eigenvalue weighted by Gasteiger charge is -2.11. The Morgan fingerprint density at radius 2 is 2.09 bits per heavy atom. The van der Waals surface area contributed by atoms with E-state index in [9.17, 15) is 9.18 Å². The van der Waals surface area contributed by atoms with Gasteiger partial charge >= 0.3 is 0 Å². The van der Waals surface area contributed by atoms with E-state index in [1.165, 1.54) is 6.07 Å². The van der Waals surface area contributed by atoms with E-state index < -0.39 is 11.7 Å². The van der Waals surface area contributed by atoms with Crippen LogP contribution in [0.3, 0.4) is 0 Å². The summed E-state index contributed by atoms with van der Waals surface area (Å²) in [6.07, 6.45) is 0. The molecule has 2 aromatic rings. The molecular formula is C14H15ClFN3O4. The van der Waals surface area contributed by atoms with Crippen LogP contribution in [0.2, 0.25) is 5.02 Å². The van der Waals surface area contributed by atoms with E-state index in [1.54, 1.807) is 13.8 Å². The van der Waals surface area contributed by atoms with Crippen LogP contribution in [0.15, 0.2) is 16.7 Å². The first kappa shape index (κ1) is 16.9. The van der Waals surface area contributed by atoms with Crippen LogP contribution in [0, 0.1) is 5.82 Å². The molecule has 0 fully saturated rings. The largest absolute Gasteiger partial charge is 0.492 e. The number of nitrogens with zero attached hydrogens (tertiary/aromatic N) is 1. The minimum absolute atomic E-state index is 0.0677. The van der Waals surface area contributed by atoms with Gasteiger partial charge < -0.3 is 25.0 Å². The van der Waals surface area contributed by atoms with E-state index in [0.717, 1.165) is 6.07 Å². The quantitative estimate of drug-likeness (QED) is 0.836. The number of carbonyl (C=O) groups excluding carboxylic acids is 1. The fourth-order valence-corrected chi connectivity index (χ4v) is 2.01. The van der Waals surface area contributed by atoms with Gasteiger partial charge in [-0.3, -0.25) is 4.79 Å². The van der Waals surface area contributed by atoms with Crippen LogP contribution >= 0.6 is 11.6 Å². The van der Waals surface area contributed by atoms with E-state index in [4.69, 9.17) is 31.3 Å². The van der Waals surface area contributed by atoms with E-state index in [2.05, 4.69) is 10.5 Å². The number of nitrogen functional groups attached to an aromatic ring is 1. The first-order valence-electron chi connectivity index (χ1n) is 6.79. The molecule has 0 spiro atoms. The zero-order valence-electron chi connectivity index (χ0n) is 12.5. The van der Waals surface area contributed by atoms with Gasteiger partial charge in [0.2, 0.25) is 5.88 Å². The van der Waals surface area contributed by atoms with Crippen molar-refractivity contribution in [1.29, 1.82) is 0 Å². The van der Waals surface area contributed by atoms with Crippen molar-refractivity contribution in [3.63, 3.8) is 0 Å². The first-order valence-corrected chi connectivity index (χ1v) is 7.16. The molecule has 0 aliphatic rings. The maximum atomic E-state index is 14.0. The summed E-state index contributed by atoms with van der Waals surface area (Å²) in [5.41, 5.74) is 5.33. The Balaban J connectivity index is 2.30. The van der Waals surface area contributed by atoms with Crippen LogP contribution in [0.5, 0.6) is 11.6 Å². The summed E-state index contributed by atoms with van der Waals surface area (Å²) in [6, 6.07) is 2.33. The number of nitrogens with two attached hydrogens (primary N) is 1. The Bertz CT molecular complexity index is 720. The third-order valence-electron chi connectivity index (χ3n) is 2.76. The van der Waals surface area contributed by atoms with E-state index in [-0.39, 0.29) is 40.4 Å². The number of anilines is 2. The molecule has 0 aliphatic heterocycles. The minimum Gasteiger partial charge on any atom is -0.492 e. The van der Waals surface area contributed by atoms with Crippen molar-refractivity contribution < 1.29 is 23.2 Å². The lowest BCUT2D eigenvalue weighted by atomic mass is 10.2. The lowest BCUT2D eigenvalue weighted by molar-refractivity contribution is 0.102. The zero-order valence-corrected chi connectivity index (χ0v) is 13.2. The van der Waals surface area contributed by atoms with E-state index >= 15 is 0 Å². The second-order valence-corrected chi connectivity index (χ2v) is 4.72. The van der Waals surface area contributed by atoms with Crippen LogP contribution < -0.4 is 20.5 Å². The number of halogens is 2. The molecule has 7 nitrogen and oxygen atoms in total. The Kier molecular flexibility index (Phi) is 5.28. The molecule has 23 heavy (non-hydrogen) atoms. The van der Waals surface area contributed by atoms with Crippen LogP contribution in [0.25, 0.3) is 0 Å². The van der Waals surface area contributed by atoms with Crippen molar-refractivity contribution in [3.8, 4) is 11.6 Å². The highest BCUT2D eigenvalue weighted by Gasteiger charge is 2.24. The van der Waals surface area contributed by atoms with Crippen molar-refractivity contribution >= 4 is 29.1 Å². The van der Waals surface area contributed by atoms with Crippen molar-refractivity contribution in [1.82, 2.24) is 5.16 Å². The van der Waals surface area contributed by atoms with Crippen molar-refractivity contribution in [2.75, 3.05) is 24.3 Å². The van der Waals surface area contributed by atoms with Gasteiger partial charge in [-0.25, -0.2) is 4.39 Å². The van der Waals surface area contributed by atoms with Crippen molar-refractivity contribution in [2.24, 2.45) is 0 Å². The molecule has 124 valence electrons. The number of carbonyl (C=O) groups is 1. The number of ether oxygens (including phenoxy) is 2. The summed E-state index contributed by atoms with van der Waals surface area (Å²) in [6.45, 7) is 4.06. The summed E-state index contributed by atoms with van der Waals surface area (Å²) in [5, 5.41) is 5.99. The Morgan fingerprint density at radius 3 is 2.74 bits per heavy atom. The average Bonchev–Trinajstić information content (AvgIpc) is 2.85. The molecule has 0 saturated carbocycles. The molecule has 0 radical (unpaired) electrons. The van der Waals surface area contributed by atoms with Crippen LogP contribution in [0.4, 0.5) is 16.0 Å². The molecule has 1 aromatic carbocycles. The molecule has 0 unspecified atom stereocenters. The monoisotopic (exact) mass is 343 g/mol. The normalized spacial score (nSPS) is 10.4. The molecule has 0 atom stereocenters. The number of benzene rings is 1. The standard InChI is InChI=1S/C14H15ClFN3O4/c1-3-21-10-6-9(8(16)5-7(10)15)18-13(20)11-12(17)23-19-14(11)22-4-2/h5-6H,3-4,17H2,1-2H3,(H,18,20). The third-order valence-corrected chi connectivity index (χ3v) is 3.06. The Labute approximate surface area is 136 Å². The molecule has 9 heteroatoms. The molecule has 2 rings (SSSR count). The average molecular weight is 344 g/mol. The zero-order chi connectivity index (χ0) is 17.0. The SMILES string of the molecule is CCOc1cc(NC(=O)c2c(OCC)noc2N)c(F)cc1Cl. The van der Waals surface area contributed by atoms with Gasteiger partial charge in [-0.2, -0.15) is 0 Å². The van der Waals surface area contributed by atoms with Crippen molar-refractivity contribution in [2.45, 2.75) is 13.8 Å². The van der Waals surface area contributed by atoms with Gasteiger partial charge in [-0.05, 0) is 25.1 Å². The molecule has 3 N–H and O–H groups in total. The highest BCUT2D eigenvalue weighted by molar-refractivity contribution is 6.32. The number of amides is 1. The molecule has 0 saturated heterocycles. The molecule has 0 aliphatic carbocycles. The first-order chi connectivity index (χ1) is 11.0. The number of aromatic nitrogens is 1. The minimum atomic E-state index is -0.726. The fourth-order valence-electron chi connectivity index (χ4n) is 1.81. The summed E-state index contributed by atoms with van der Waals surface area (Å²) < 4.78 is 29.1. The summed E-state index contributed by atoms with van der Waals surface area (Å²) in [4.78, 5) is 12.3. The Hall–Kier alpha value is -2.48. The van der Waals surface area contributed by atoms with Gasteiger partial charge in [0.15, 0.2) is 5.56 Å². The van der Waals surface area contributed by atoms with Crippen LogP contribution in [-0.4, -0.2) is 24.3 Å². The lowest BCUT2D eigenvalue weighted by Crippen LogP contribution is -2.15. The van der Waals surface area contributed by atoms with Crippen molar-refractivity contribution in [3.05, 3.63) is 28.5 Å². The van der Waals surface area contributed by atoms with Gasteiger partial charge in [0.1, 0.15) is 11.6 Å². The van der Waals surface area contributed by atoms with Crippen LogP contribution in [-0.2, 0) is 0 Å². The summed E-state index contributed by atoms with van der Waals surface area (Å²) in [7, 11) is 0. The molecule has 1 heterocycles. The highest BCUT2D eigenvalue weighted by Crippen LogP contribution is 2.32. The highest BCUT2D eigenvalue weighted by atomic mass is 35.5. The predicted molar refractivity (Wildman–Crippen MR) is 82.6 cm³/mol. The van der Waals surface area contributed by atoms with Gasteiger partial charge in [0, 0.05) is 6.07 Å². The summed E-state index contributed by atoms with van der Waals surface area (Å²) >= 11 is 5.87. The molecule has 0 bridgehead atoms. The number of hydrogen-bond acceptors (Lipinski definition) is 6. The second-order valence-electron chi connectivity index (χ2n) is 4.31. The molecule has 1 amide bonds. The maximum absolute atomic E-state index is 14.0. The predicted octanol–water partition coefficient (Wildman–Crippen LogP) is 3.10. The number of nitrogens with one attached hydrogen (secondary N) is 1. The molecule has 1 aromatic heterocycles. The summed E-state index contributed by atoms with van der Waals surface area (Å²) in [5.74, 6) is -1.50. The van der Waals surface area contributed by atoms with Crippen LogP contribution in [0.1, 0.15) is 24.2 Å².